The Morgan fingerprint density at radius 2 is 1.82 bits per heavy atom. The normalized spacial score (nSPS) is 21.3. The number of sulfonamides is 1. The quantitative estimate of drug-likeness (QED) is 0.293. The Kier molecular flexibility index (Phi) is 10.1. The van der Waals surface area contributed by atoms with E-state index in [-0.39, 0.29) is 23.6 Å². The van der Waals surface area contributed by atoms with Gasteiger partial charge in [-0.3, -0.25) is 14.4 Å². The van der Waals surface area contributed by atoms with Gasteiger partial charge in [-0.1, -0.05) is 24.3 Å². The van der Waals surface area contributed by atoms with E-state index in [0.717, 1.165) is 18.4 Å². The Hall–Kier alpha value is -4.24. The fourth-order valence-electron chi connectivity index (χ4n) is 6.25. The molecule has 3 fully saturated rings. The van der Waals surface area contributed by atoms with Crippen LogP contribution in [0.3, 0.4) is 0 Å². The summed E-state index contributed by atoms with van der Waals surface area (Å²) in [6.45, 7) is 3.43. The van der Waals surface area contributed by atoms with E-state index in [1.807, 2.05) is 13.1 Å². The molecule has 12 nitrogen and oxygen atoms in total. The smallest absolute Gasteiger partial charge is 0.270 e. The van der Waals surface area contributed by atoms with Crippen molar-refractivity contribution in [1.29, 1.82) is 0 Å². The maximum Gasteiger partial charge on any atom is 0.270 e. The van der Waals surface area contributed by atoms with Gasteiger partial charge in [0.25, 0.3) is 5.91 Å². The number of likely N-dealkylation sites (N-methyl/N-ethyl adjacent to an activating group) is 1. The monoisotopic (exact) mass is 692 g/mol. The van der Waals surface area contributed by atoms with E-state index in [1.165, 1.54) is 33.5 Å². The molecular formula is C35H41FN6O6S. The molecule has 1 aliphatic carbocycles. The molecule has 3 heterocycles. The van der Waals surface area contributed by atoms with Gasteiger partial charge in [0.2, 0.25) is 21.8 Å². The number of aliphatic hydroxyl groups is 1. The van der Waals surface area contributed by atoms with Gasteiger partial charge in [-0.15, -0.1) is 0 Å². The van der Waals surface area contributed by atoms with Crippen LogP contribution in [0.5, 0.6) is 0 Å². The second-order valence-corrected chi connectivity index (χ2v) is 15.0. The number of β-amino-alcohol motifs (C(OH)–C–C–N with tert-alkyl or cyclic N) is 1. The fourth-order valence-corrected chi connectivity index (χ4v) is 7.71. The van der Waals surface area contributed by atoms with Gasteiger partial charge >= 0.3 is 0 Å². The molecule has 0 spiro atoms. The van der Waals surface area contributed by atoms with Gasteiger partial charge in [-0.25, -0.2) is 17.8 Å². The van der Waals surface area contributed by atoms with E-state index in [9.17, 15) is 32.3 Å². The zero-order valence-corrected chi connectivity index (χ0v) is 28.3. The molecule has 0 bridgehead atoms. The molecule has 2 aromatic carbocycles. The molecule has 3 atom stereocenters. The minimum atomic E-state index is -3.71. The van der Waals surface area contributed by atoms with Gasteiger partial charge in [0.1, 0.15) is 17.6 Å². The molecule has 49 heavy (non-hydrogen) atoms. The zero-order chi connectivity index (χ0) is 34.9. The molecule has 260 valence electrons. The van der Waals surface area contributed by atoms with Gasteiger partial charge in [0, 0.05) is 44.5 Å². The van der Waals surface area contributed by atoms with Crippen LogP contribution in [-0.2, 0) is 19.6 Å². The van der Waals surface area contributed by atoms with E-state index in [4.69, 9.17) is 0 Å². The highest BCUT2D eigenvalue weighted by Gasteiger charge is 2.39. The number of hydrogen-bond donors (Lipinski definition) is 3. The average Bonchev–Trinajstić information content (AvgIpc) is 3.83. The lowest BCUT2D eigenvalue weighted by Crippen LogP contribution is -2.49. The van der Waals surface area contributed by atoms with Gasteiger partial charge in [0.15, 0.2) is 0 Å². The Balaban J connectivity index is 1.13. The summed E-state index contributed by atoms with van der Waals surface area (Å²) in [6, 6.07) is 10.4. The third kappa shape index (κ3) is 7.99. The van der Waals surface area contributed by atoms with Gasteiger partial charge in [0.05, 0.1) is 29.1 Å². The number of carbonyl (C=O) groups is 3. The average molecular weight is 693 g/mol. The van der Waals surface area contributed by atoms with E-state index in [2.05, 4.69) is 26.6 Å². The zero-order valence-electron chi connectivity index (χ0n) is 27.5. The minimum Gasteiger partial charge on any atom is -0.391 e. The maximum atomic E-state index is 13.6. The number of pyridine rings is 1. The number of carbonyl (C=O) groups excluding carboxylic acids is 3. The number of piperazine rings is 1. The molecule has 3 amide bonds. The topological polar surface area (TPSA) is 152 Å². The summed E-state index contributed by atoms with van der Waals surface area (Å²) in [5.74, 6) is -1.62. The second-order valence-electron chi connectivity index (χ2n) is 13.1. The second kappa shape index (κ2) is 14.3. The van der Waals surface area contributed by atoms with Crippen molar-refractivity contribution >= 4 is 44.7 Å². The number of allylic oxidation sites excluding steroid dienone is 1. The van der Waals surface area contributed by atoms with Crippen molar-refractivity contribution in [2.24, 2.45) is 5.92 Å². The number of aromatic nitrogens is 1. The molecule has 3 N–H and O–H groups in total. The standard InChI is InChI=1S/C35H41FN6O6S/c1-22(29-10-9-28(18-24(29)6-5-23-3-4-23)49(47,48)41-15-13-40(2)14-16-41)38-35(46)32-19-27(43)21-42(32)33(44)20-37-34(45)31-11-7-25-17-26(36)8-12-30(25)39-31/h5-12,17-18,22-23,27,32,43H,3-4,13-16,19-21H2,1-2H3,(H,37,45)(H,38,46)/b6-5+/t22-,27-,32+/m1/s1. The third-order valence-corrected chi connectivity index (χ3v) is 11.2. The van der Waals surface area contributed by atoms with Crippen molar-refractivity contribution in [3.05, 3.63) is 77.2 Å². The van der Waals surface area contributed by atoms with Crippen LogP contribution in [0.2, 0.25) is 0 Å². The van der Waals surface area contributed by atoms with Gasteiger partial charge in [-0.2, -0.15) is 4.31 Å². The first-order valence-electron chi connectivity index (χ1n) is 16.5. The maximum absolute atomic E-state index is 13.6. The lowest BCUT2D eigenvalue weighted by molar-refractivity contribution is -0.138. The van der Waals surface area contributed by atoms with E-state index >= 15 is 0 Å². The van der Waals surface area contributed by atoms with Crippen molar-refractivity contribution in [2.45, 2.75) is 49.3 Å². The van der Waals surface area contributed by atoms with Crippen molar-refractivity contribution in [1.82, 2.24) is 29.7 Å². The van der Waals surface area contributed by atoms with Crippen molar-refractivity contribution in [3.8, 4) is 0 Å². The van der Waals surface area contributed by atoms with Crippen LogP contribution in [0, 0.1) is 11.7 Å². The Bertz CT molecular complexity index is 1890. The lowest BCUT2D eigenvalue weighted by Gasteiger charge is -2.31. The number of nitrogens with zero attached hydrogens (tertiary/aromatic N) is 4. The highest BCUT2D eigenvalue weighted by molar-refractivity contribution is 7.89. The van der Waals surface area contributed by atoms with Crippen LogP contribution in [0.25, 0.3) is 17.0 Å². The predicted octanol–water partition coefficient (Wildman–Crippen LogP) is 2.30. The number of fused-ring (bicyclic) bond motifs is 1. The Morgan fingerprint density at radius 3 is 2.55 bits per heavy atom. The number of likely N-dealkylation sites (tertiary alicyclic amines) is 1. The molecule has 0 radical (unpaired) electrons. The van der Waals surface area contributed by atoms with E-state index in [1.54, 1.807) is 31.2 Å². The van der Waals surface area contributed by atoms with Crippen LogP contribution in [-0.4, -0.2) is 109 Å². The summed E-state index contributed by atoms with van der Waals surface area (Å²) >= 11 is 0. The highest BCUT2D eigenvalue weighted by atomic mass is 32.2. The third-order valence-electron chi connectivity index (χ3n) is 9.34. The Morgan fingerprint density at radius 1 is 1.06 bits per heavy atom. The molecule has 6 rings (SSSR count). The summed E-state index contributed by atoms with van der Waals surface area (Å²) in [5.41, 5.74) is 1.87. The van der Waals surface area contributed by atoms with E-state index in [0.29, 0.717) is 48.6 Å². The number of hydrogen-bond acceptors (Lipinski definition) is 8. The summed E-state index contributed by atoms with van der Waals surface area (Å²) in [7, 11) is -1.74. The fraction of sp³-hybridized carbons (Fsp3) is 0.429. The van der Waals surface area contributed by atoms with Gasteiger partial charge in [-0.05, 0) is 80.3 Å². The van der Waals surface area contributed by atoms with Gasteiger partial charge < -0.3 is 25.5 Å². The first-order chi connectivity index (χ1) is 23.4. The number of rotatable bonds is 10. The lowest BCUT2D eigenvalue weighted by atomic mass is 10.00. The number of benzene rings is 2. The molecular weight excluding hydrogens is 651 g/mol. The van der Waals surface area contributed by atoms with Crippen molar-refractivity contribution in [3.63, 3.8) is 0 Å². The minimum absolute atomic E-state index is 0.0255. The first-order valence-corrected chi connectivity index (χ1v) is 18.0. The van der Waals surface area contributed by atoms with Crippen LogP contribution >= 0.6 is 0 Å². The molecule has 0 unspecified atom stereocenters. The number of aliphatic hydroxyl groups excluding tert-OH is 1. The molecule has 1 saturated carbocycles. The summed E-state index contributed by atoms with van der Waals surface area (Å²) in [4.78, 5) is 47.4. The summed E-state index contributed by atoms with van der Waals surface area (Å²) in [5, 5.41) is 16.4. The largest absolute Gasteiger partial charge is 0.391 e. The molecule has 3 aromatic rings. The highest BCUT2D eigenvalue weighted by Crippen LogP contribution is 2.33. The molecule has 2 saturated heterocycles. The van der Waals surface area contributed by atoms with Crippen LogP contribution in [0.1, 0.15) is 53.8 Å². The van der Waals surface area contributed by atoms with Crippen LogP contribution in [0.15, 0.2) is 59.5 Å². The van der Waals surface area contributed by atoms with Crippen molar-refractivity contribution < 1.29 is 32.3 Å². The SMILES string of the molecule is C[C@@H](NC(=O)[C@@H]1C[C@@H](O)CN1C(=O)CNC(=O)c1ccc2cc(F)ccc2n1)c1ccc(S(=O)(=O)N2CCN(C)CC2)cc1/C=C/C1CC1. The summed E-state index contributed by atoms with van der Waals surface area (Å²) < 4.78 is 42.0. The van der Waals surface area contributed by atoms with E-state index < -0.39 is 58.3 Å². The van der Waals surface area contributed by atoms with Crippen LogP contribution in [0.4, 0.5) is 4.39 Å². The van der Waals surface area contributed by atoms with Crippen LogP contribution < -0.4 is 10.6 Å². The molecule has 3 aliphatic rings. The molecule has 2 aliphatic heterocycles. The van der Waals surface area contributed by atoms with Crippen molar-refractivity contribution in [2.75, 3.05) is 46.3 Å². The molecule has 1 aromatic heterocycles. The predicted molar refractivity (Wildman–Crippen MR) is 181 cm³/mol. The number of amides is 3. The Labute approximate surface area is 285 Å². The summed E-state index contributed by atoms with van der Waals surface area (Å²) in [6.07, 6.45) is 5.23. The molecule has 14 heteroatoms. The number of nitrogens with one attached hydrogen (secondary N) is 2. The number of halogens is 1. The first kappa shape index (κ1) is 34.6.